The predicted molar refractivity (Wildman–Crippen MR) is 88.8 cm³/mol. The van der Waals surface area contributed by atoms with Crippen LogP contribution in [-0.2, 0) is 20.7 Å². The van der Waals surface area contributed by atoms with Crippen molar-refractivity contribution in [1.29, 1.82) is 0 Å². The number of rotatable bonds is 7. The Morgan fingerprint density at radius 1 is 1.28 bits per heavy atom. The number of oxazole rings is 1. The van der Waals surface area contributed by atoms with Crippen LogP contribution in [0.4, 0.5) is 0 Å². The lowest BCUT2D eigenvalue weighted by Crippen LogP contribution is -2.50. The number of benzene rings is 1. The van der Waals surface area contributed by atoms with Gasteiger partial charge in [-0.3, -0.25) is 9.59 Å². The Hall–Kier alpha value is -2.67. The van der Waals surface area contributed by atoms with Crippen molar-refractivity contribution in [2.45, 2.75) is 31.2 Å². The number of hydrogen-bond acceptors (Lipinski definition) is 5. The molecule has 1 fully saturated rings. The Kier molecular flexibility index (Phi) is 5.14. The molecular weight excluding hydrogens is 324 g/mol. The SMILES string of the molecule is O=C(O)CC1(NC(=O)CCc2ncc(-c3ccccc3)o2)CCOC1. The molecule has 7 nitrogen and oxygen atoms in total. The average molecular weight is 344 g/mol. The summed E-state index contributed by atoms with van der Waals surface area (Å²) in [5.41, 5.74) is 0.114. The van der Waals surface area contributed by atoms with Gasteiger partial charge in [-0.1, -0.05) is 30.3 Å². The van der Waals surface area contributed by atoms with Gasteiger partial charge in [0.15, 0.2) is 11.7 Å². The minimum atomic E-state index is -0.953. The van der Waals surface area contributed by atoms with Gasteiger partial charge in [0.25, 0.3) is 0 Å². The Bertz CT molecular complexity index is 735. The van der Waals surface area contributed by atoms with E-state index in [0.29, 0.717) is 31.1 Å². The van der Waals surface area contributed by atoms with Gasteiger partial charge in [0.05, 0.1) is 24.8 Å². The van der Waals surface area contributed by atoms with E-state index in [0.717, 1.165) is 5.56 Å². The third-order valence-corrected chi connectivity index (χ3v) is 4.18. The van der Waals surface area contributed by atoms with Crippen molar-refractivity contribution in [2.75, 3.05) is 13.2 Å². The molecule has 0 spiro atoms. The number of ether oxygens (including phenoxy) is 1. The van der Waals surface area contributed by atoms with Gasteiger partial charge in [0.1, 0.15) is 0 Å². The molecule has 2 heterocycles. The Morgan fingerprint density at radius 2 is 2.08 bits per heavy atom. The van der Waals surface area contributed by atoms with Gasteiger partial charge in [0.2, 0.25) is 5.91 Å². The average Bonchev–Trinajstić information content (AvgIpc) is 3.23. The molecule has 1 aromatic carbocycles. The summed E-state index contributed by atoms with van der Waals surface area (Å²) in [7, 11) is 0. The first-order chi connectivity index (χ1) is 12.1. The summed E-state index contributed by atoms with van der Waals surface area (Å²) in [4.78, 5) is 27.4. The van der Waals surface area contributed by atoms with E-state index in [-0.39, 0.29) is 25.4 Å². The quantitative estimate of drug-likeness (QED) is 0.797. The highest BCUT2D eigenvalue weighted by molar-refractivity contribution is 5.78. The van der Waals surface area contributed by atoms with Gasteiger partial charge < -0.3 is 19.6 Å². The van der Waals surface area contributed by atoms with Crippen LogP contribution >= 0.6 is 0 Å². The number of carbonyl (C=O) groups excluding carboxylic acids is 1. The Morgan fingerprint density at radius 3 is 2.76 bits per heavy atom. The van der Waals surface area contributed by atoms with Crippen molar-refractivity contribution in [3.8, 4) is 11.3 Å². The van der Waals surface area contributed by atoms with Crippen molar-refractivity contribution >= 4 is 11.9 Å². The predicted octanol–water partition coefficient (Wildman–Crippen LogP) is 2.02. The van der Waals surface area contributed by atoms with E-state index in [9.17, 15) is 9.59 Å². The summed E-state index contributed by atoms with van der Waals surface area (Å²) in [6.45, 7) is 0.677. The number of carbonyl (C=O) groups is 2. The lowest BCUT2D eigenvalue weighted by atomic mass is 9.94. The first-order valence-corrected chi connectivity index (χ1v) is 8.17. The second kappa shape index (κ2) is 7.48. The van der Waals surface area contributed by atoms with Gasteiger partial charge in [0, 0.05) is 25.0 Å². The molecule has 1 amide bonds. The summed E-state index contributed by atoms with van der Waals surface area (Å²) < 4.78 is 10.9. The Balaban J connectivity index is 1.55. The van der Waals surface area contributed by atoms with E-state index in [1.54, 1.807) is 6.20 Å². The molecule has 0 aliphatic carbocycles. The van der Waals surface area contributed by atoms with E-state index < -0.39 is 11.5 Å². The first-order valence-electron chi connectivity index (χ1n) is 8.17. The fourth-order valence-corrected chi connectivity index (χ4v) is 2.92. The Labute approximate surface area is 145 Å². The van der Waals surface area contributed by atoms with Crippen LogP contribution in [0.2, 0.25) is 0 Å². The maximum absolute atomic E-state index is 12.2. The summed E-state index contributed by atoms with van der Waals surface area (Å²) in [6, 6.07) is 9.59. The molecule has 7 heteroatoms. The fraction of sp³-hybridized carbons (Fsp3) is 0.389. The standard InChI is InChI=1S/C18H20N2O5/c21-15(20-18(10-17(22)23)8-9-24-12-18)6-7-16-19-11-14(25-16)13-4-2-1-3-5-13/h1-5,11H,6-10,12H2,(H,20,21)(H,22,23). The highest BCUT2D eigenvalue weighted by Crippen LogP contribution is 2.23. The van der Waals surface area contributed by atoms with Crippen molar-refractivity contribution in [1.82, 2.24) is 10.3 Å². The highest BCUT2D eigenvalue weighted by atomic mass is 16.5. The number of aryl methyl sites for hydroxylation is 1. The van der Waals surface area contributed by atoms with Crippen molar-refractivity contribution in [3.05, 3.63) is 42.4 Å². The van der Waals surface area contributed by atoms with Crippen LogP contribution in [0.15, 0.2) is 40.9 Å². The molecule has 1 saturated heterocycles. The summed E-state index contributed by atoms with van der Waals surface area (Å²) in [6.07, 6.45) is 2.52. The van der Waals surface area contributed by atoms with Gasteiger partial charge in [-0.2, -0.15) is 0 Å². The summed E-state index contributed by atoms with van der Waals surface area (Å²) in [5.74, 6) is -0.0521. The van der Waals surface area contributed by atoms with Crippen LogP contribution in [0.5, 0.6) is 0 Å². The maximum atomic E-state index is 12.2. The van der Waals surface area contributed by atoms with Crippen LogP contribution in [-0.4, -0.2) is 40.7 Å². The number of nitrogens with zero attached hydrogens (tertiary/aromatic N) is 1. The zero-order valence-corrected chi connectivity index (χ0v) is 13.7. The van der Waals surface area contributed by atoms with E-state index in [1.807, 2.05) is 30.3 Å². The highest BCUT2D eigenvalue weighted by Gasteiger charge is 2.38. The van der Waals surface area contributed by atoms with Gasteiger partial charge in [-0.15, -0.1) is 0 Å². The second-order valence-electron chi connectivity index (χ2n) is 6.19. The number of carboxylic acid groups (broad SMARTS) is 1. The number of amides is 1. The van der Waals surface area contributed by atoms with Crippen molar-refractivity contribution in [3.63, 3.8) is 0 Å². The van der Waals surface area contributed by atoms with E-state index in [2.05, 4.69) is 10.3 Å². The van der Waals surface area contributed by atoms with Crippen LogP contribution in [0.25, 0.3) is 11.3 Å². The third kappa shape index (κ3) is 4.45. The van der Waals surface area contributed by atoms with Crippen LogP contribution in [0.3, 0.4) is 0 Å². The number of aromatic nitrogens is 1. The van der Waals surface area contributed by atoms with Crippen molar-refractivity contribution in [2.24, 2.45) is 0 Å². The van der Waals surface area contributed by atoms with Crippen molar-refractivity contribution < 1.29 is 23.8 Å². The number of aliphatic carboxylic acids is 1. The number of hydrogen-bond donors (Lipinski definition) is 2. The molecule has 0 radical (unpaired) electrons. The van der Waals surface area contributed by atoms with E-state index in [1.165, 1.54) is 0 Å². The van der Waals surface area contributed by atoms with Gasteiger partial charge in [-0.25, -0.2) is 4.98 Å². The van der Waals surface area contributed by atoms with Gasteiger partial charge >= 0.3 is 5.97 Å². The molecule has 2 N–H and O–H groups in total. The third-order valence-electron chi connectivity index (χ3n) is 4.18. The number of carboxylic acids is 1. The first kappa shape index (κ1) is 17.2. The zero-order valence-electron chi connectivity index (χ0n) is 13.7. The van der Waals surface area contributed by atoms with E-state index in [4.69, 9.17) is 14.3 Å². The van der Waals surface area contributed by atoms with E-state index >= 15 is 0 Å². The molecule has 1 atom stereocenters. The topological polar surface area (TPSA) is 102 Å². The smallest absolute Gasteiger partial charge is 0.305 e. The molecule has 3 rings (SSSR count). The lowest BCUT2D eigenvalue weighted by Gasteiger charge is -2.26. The fourth-order valence-electron chi connectivity index (χ4n) is 2.92. The molecule has 0 saturated carbocycles. The molecule has 132 valence electrons. The summed E-state index contributed by atoms with van der Waals surface area (Å²) >= 11 is 0. The molecule has 0 bridgehead atoms. The number of nitrogens with one attached hydrogen (secondary N) is 1. The molecule has 1 aliphatic rings. The lowest BCUT2D eigenvalue weighted by molar-refractivity contribution is -0.139. The monoisotopic (exact) mass is 344 g/mol. The zero-order chi connectivity index (χ0) is 17.7. The minimum absolute atomic E-state index is 0.143. The van der Waals surface area contributed by atoms with Crippen LogP contribution in [0, 0.1) is 0 Å². The molecule has 2 aromatic rings. The van der Waals surface area contributed by atoms with Crippen LogP contribution in [0.1, 0.15) is 25.2 Å². The van der Waals surface area contributed by atoms with Gasteiger partial charge in [-0.05, 0) is 6.42 Å². The second-order valence-corrected chi connectivity index (χ2v) is 6.19. The molecule has 1 aliphatic heterocycles. The minimum Gasteiger partial charge on any atom is -0.481 e. The molecule has 1 aromatic heterocycles. The maximum Gasteiger partial charge on any atom is 0.305 e. The summed E-state index contributed by atoms with van der Waals surface area (Å²) in [5, 5.41) is 11.9. The normalized spacial score (nSPS) is 19.7. The molecular formula is C18H20N2O5. The molecule has 1 unspecified atom stereocenters. The van der Waals surface area contributed by atoms with Crippen LogP contribution < -0.4 is 5.32 Å². The largest absolute Gasteiger partial charge is 0.481 e. The molecule has 25 heavy (non-hydrogen) atoms.